The van der Waals surface area contributed by atoms with Gasteiger partial charge in [0.2, 0.25) is 0 Å². The highest BCUT2D eigenvalue weighted by atomic mass is 32.2. The largest absolute Gasteiger partial charge is 0.384 e. The average molecular weight is 250 g/mol. The molecule has 2 aromatic rings. The number of H-pyrrole nitrogens is 1. The molecule has 2 N–H and O–H groups in total. The van der Waals surface area contributed by atoms with Crippen LogP contribution >= 0.6 is 23.1 Å². The van der Waals surface area contributed by atoms with E-state index in [1.54, 1.807) is 29.3 Å². The lowest BCUT2D eigenvalue weighted by Crippen LogP contribution is -1.75. The highest BCUT2D eigenvalue weighted by Crippen LogP contribution is 2.24. The van der Waals surface area contributed by atoms with E-state index in [9.17, 15) is 0 Å². The number of imidazole rings is 1. The van der Waals surface area contributed by atoms with Gasteiger partial charge in [-0.2, -0.15) is 0 Å². The van der Waals surface area contributed by atoms with Crippen LogP contribution in [0.2, 0.25) is 0 Å². The molecule has 0 aromatic carbocycles. The van der Waals surface area contributed by atoms with Crippen LogP contribution in [0.3, 0.4) is 0 Å². The Hall–Kier alpha value is -1.22. The zero-order valence-corrected chi connectivity index (χ0v) is 10.1. The van der Waals surface area contributed by atoms with Gasteiger partial charge in [-0.3, -0.25) is 0 Å². The molecule has 0 fully saturated rings. The minimum absolute atomic E-state index is 0.0889. The number of hydrogen-bond donors (Lipinski definition) is 2. The predicted octanol–water partition coefficient (Wildman–Crippen LogP) is 2.11. The lowest BCUT2D eigenvalue weighted by molar-refractivity contribution is 0.350. The molecule has 82 valence electrons. The Balaban J connectivity index is 1.93. The Bertz CT molecular complexity index is 494. The second-order valence-corrected chi connectivity index (χ2v) is 5.04. The number of nitrogens with one attached hydrogen (secondary N) is 1. The lowest BCUT2D eigenvalue weighted by Gasteiger charge is -1.93. The Labute approximate surface area is 102 Å². The van der Waals surface area contributed by atoms with Crippen LogP contribution in [0.25, 0.3) is 0 Å². The van der Waals surface area contributed by atoms with Gasteiger partial charge in [-0.05, 0) is 12.1 Å². The van der Waals surface area contributed by atoms with E-state index in [0.717, 1.165) is 15.8 Å². The summed E-state index contributed by atoms with van der Waals surface area (Å²) in [5.41, 5.74) is 0. The first-order valence-electron chi connectivity index (χ1n) is 4.69. The Morgan fingerprint density at radius 1 is 1.50 bits per heavy atom. The third-order valence-electron chi connectivity index (χ3n) is 1.78. The molecule has 2 heterocycles. The van der Waals surface area contributed by atoms with E-state index < -0.39 is 0 Å². The van der Waals surface area contributed by atoms with Crippen molar-refractivity contribution in [2.75, 3.05) is 6.61 Å². The van der Waals surface area contributed by atoms with Crippen LogP contribution in [-0.4, -0.2) is 21.7 Å². The van der Waals surface area contributed by atoms with Crippen LogP contribution in [0.1, 0.15) is 9.75 Å². The summed E-state index contributed by atoms with van der Waals surface area (Å²) in [6, 6.07) is 4.04. The van der Waals surface area contributed by atoms with Gasteiger partial charge in [0.25, 0.3) is 0 Å². The van der Waals surface area contributed by atoms with E-state index in [4.69, 9.17) is 5.11 Å². The summed E-state index contributed by atoms with van der Waals surface area (Å²) < 4.78 is 0. The van der Waals surface area contributed by atoms with Crippen LogP contribution in [0, 0.1) is 11.8 Å². The molecular formula is C11H10N2OS2. The highest BCUT2D eigenvalue weighted by molar-refractivity contribution is 7.98. The summed E-state index contributed by atoms with van der Waals surface area (Å²) in [4.78, 5) is 9.43. The van der Waals surface area contributed by atoms with Gasteiger partial charge in [0.15, 0.2) is 5.16 Å². The maximum Gasteiger partial charge on any atom is 0.165 e. The van der Waals surface area contributed by atoms with Crippen LogP contribution in [0.5, 0.6) is 0 Å². The van der Waals surface area contributed by atoms with Gasteiger partial charge in [0.1, 0.15) is 6.61 Å². The van der Waals surface area contributed by atoms with Crippen LogP contribution < -0.4 is 0 Å². The summed E-state index contributed by atoms with van der Waals surface area (Å²) in [6.45, 7) is -0.0889. The molecule has 0 amide bonds. The van der Waals surface area contributed by atoms with E-state index in [1.807, 2.05) is 12.3 Å². The topological polar surface area (TPSA) is 48.9 Å². The Morgan fingerprint density at radius 3 is 3.19 bits per heavy atom. The fraction of sp³-hybridized carbons (Fsp3) is 0.182. The molecule has 5 heteroatoms. The fourth-order valence-corrected chi connectivity index (χ4v) is 2.87. The number of aliphatic hydroxyl groups excluding tert-OH is 1. The molecule has 0 aliphatic rings. The molecule has 0 aliphatic heterocycles. The first-order valence-corrected chi connectivity index (χ1v) is 6.49. The first kappa shape index (κ1) is 11.3. The number of aliphatic hydroxyl groups is 1. The molecule has 0 saturated heterocycles. The van der Waals surface area contributed by atoms with Gasteiger partial charge in [-0.25, -0.2) is 4.98 Å². The number of thioether (sulfide) groups is 1. The number of aromatic amines is 1. The van der Waals surface area contributed by atoms with Gasteiger partial charge in [-0.15, -0.1) is 11.3 Å². The standard InChI is InChI=1S/C11H10N2OS2/c14-7-1-2-9-3-4-10(16-9)8-15-11-12-5-6-13-11/h3-6,14H,7-8H2,(H,12,13). The molecule has 3 nitrogen and oxygen atoms in total. The first-order chi connectivity index (χ1) is 7.88. The number of nitrogens with zero attached hydrogens (tertiary/aromatic N) is 1. The van der Waals surface area contributed by atoms with E-state index in [-0.39, 0.29) is 6.61 Å². The minimum atomic E-state index is -0.0889. The maximum atomic E-state index is 8.58. The van der Waals surface area contributed by atoms with Crippen LogP contribution in [-0.2, 0) is 5.75 Å². The lowest BCUT2D eigenvalue weighted by atomic mass is 10.4. The molecule has 2 rings (SSSR count). The van der Waals surface area contributed by atoms with Crippen molar-refractivity contribution in [1.82, 2.24) is 9.97 Å². The average Bonchev–Trinajstić information content (AvgIpc) is 2.95. The summed E-state index contributed by atoms with van der Waals surface area (Å²) in [5.74, 6) is 6.42. The van der Waals surface area contributed by atoms with Crippen molar-refractivity contribution in [1.29, 1.82) is 0 Å². The van der Waals surface area contributed by atoms with Crippen molar-refractivity contribution in [3.63, 3.8) is 0 Å². The molecular weight excluding hydrogens is 240 g/mol. The molecule has 0 spiro atoms. The minimum Gasteiger partial charge on any atom is -0.384 e. The predicted molar refractivity (Wildman–Crippen MR) is 66.4 cm³/mol. The van der Waals surface area contributed by atoms with Crippen molar-refractivity contribution in [3.8, 4) is 11.8 Å². The zero-order chi connectivity index (χ0) is 11.2. The second kappa shape index (κ2) is 5.75. The van der Waals surface area contributed by atoms with Crippen molar-refractivity contribution in [2.24, 2.45) is 0 Å². The molecule has 0 radical (unpaired) electrons. The Morgan fingerprint density at radius 2 is 2.44 bits per heavy atom. The molecule has 0 bridgehead atoms. The summed E-state index contributed by atoms with van der Waals surface area (Å²) in [5, 5.41) is 9.50. The smallest absolute Gasteiger partial charge is 0.165 e. The number of thiophene rings is 1. The van der Waals surface area contributed by atoms with E-state index in [0.29, 0.717) is 0 Å². The van der Waals surface area contributed by atoms with Crippen molar-refractivity contribution >= 4 is 23.1 Å². The molecule has 0 aliphatic carbocycles. The van der Waals surface area contributed by atoms with Crippen molar-refractivity contribution < 1.29 is 5.11 Å². The third-order valence-corrected chi connectivity index (χ3v) is 3.91. The van der Waals surface area contributed by atoms with Gasteiger partial charge < -0.3 is 10.1 Å². The number of rotatable bonds is 3. The third kappa shape index (κ3) is 3.14. The van der Waals surface area contributed by atoms with Gasteiger partial charge in [-0.1, -0.05) is 23.6 Å². The number of hydrogen-bond acceptors (Lipinski definition) is 4. The van der Waals surface area contributed by atoms with Crippen molar-refractivity contribution in [2.45, 2.75) is 10.9 Å². The quantitative estimate of drug-likeness (QED) is 0.648. The summed E-state index contributed by atoms with van der Waals surface area (Å²) >= 11 is 3.31. The van der Waals surface area contributed by atoms with Gasteiger partial charge in [0, 0.05) is 23.0 Å². The monoisotopic (exact) mass is 250 g/mol. The van der Waals surface area contributed by atoms with Crippen LogP contribution in [0.15, 0.2) is 29.7 Å². The van der Waals surface area contributed by atoms with Crippen LogP contribution in [0.4, 0.5) is 0 Å². The van der Waals surface area contributed by atoms with Gasteiger partial charge in [0.05, 0.1) is 4.88 Å². The fourth-order valence-electron chi connectivity index (χ4n) is 1.12. The Kier molecular flexibility index (Phi) is 4.05. The van der Waals surface area contributed by atoms with E-state index in [2.05, 4.69) is 27.9 Å². The second-order valence-electron chi connectivity index (χ2n) is 2.91. The molecule has 2 aromatic heterocycles. The maximum absolute atomic E-state index is 8.58. The van der Waals surface area contributed by atoms with Gasteiger partial charge >= 0.3 is 0 Å². The summed E-state index contributed by atoms with van der Waals surface area (Å²) in [6.07, 6.45) is 3.56. The SMILES string of the molecule is OCC#Cc1ccc(CSc2ncc[nH]2)s1. The highest BCUT2D eigenvalue weighted by Gasteiger charge is 2.00. The number of aromatic nitrogens is 2. The normalized spacial score (nSPS) is 9.81. The van der Waals surface area contributed by atoms with Crippen molar-refractivity contribution in [3.05, 3.63) is 34.3 Å². The molecule has 0 unspecified atom stereocenters. The molecule has 0 atom stereocenters. The molecule has 0 saturated carbocycles. The summed E-state index contributed by atoms with van der Waals surface area (Å²) in [7, 11) is 0. The zero-order valence-electron chi connectivity index (χ0n) is 8.43. The molecule has 16 heavy (non-hydrogen) atoms. The van der Waals surface area contributed by atoms with E-state index in [1.165, 1.54) is 4.88 Å². The van der Waals surface area contributed by atoms with E-state index >= 15 is 0 Å².